The van der Waals surface area contributed by atoms with Gasteiger partial charge in [-0.2, -0.15) is 0 Å². The quantitative estimate of drug-likeness (QED) is 0.664. The summed E-state index contributed by atoms with van der Waals surface area (Å²) in [4.78, 5) is 23.2. The van der Waals surface area contributed by atoms with Gasteiger partial charge >= 0.3 is 0 Å². The molecule has 19 heavy (non-hydrogen) atoms. The molecule has 5 heteroatoms. The van der Waals surface area contributed by atoms with Crippen molar-refractivity contribution in [2.45, 2.75) is 13.0 Å². The van der Waals surface area contributed by atoms with Crippen molar-refractivity contribution in [3.05, 3.63) is 35.4 Å². The number of benzene rings is 1. The average molecular weight is 260 g/mol. The van der Waals surface area contributed by atoms with E-state index in [1.807, 2.05) is 0 Å². The second-order valence-electron chi connectivity index (χ2n) is 3.85. The Morgan fingerprint density at radius 3 is 2.79 bits per heavy atom. The van der Waals surface area contributed by atoms with Gasteiger partial charge in [0.2, 0.25) is 5.91 Å². The predicted molar refractivity (Wildman–Crippen MR) is 71.4 cm³/mol. The fourth-order valence-corrected chi connectivity index (χ4v) is 1.44. The Morgan fingerprint density at radius 2 is 2.16 bits per heavy atom. The first-order valence-corrected chi connectivity index (χ1v) is 5.80. The molecule has 0 fully saturated rings. The lowest BCUT2D eigenvalue weighted by atomic mass is 10.1. The minimum Gasteiger partial charge on any atom is -0.384 e. The molecular weight excluding hydrogens is 244 g/mol. The highest BCUT2D eigenvalue weighted by molar-refractivity contribution is 5.97. The minimum atomic E-state index is -0.607. The molecule has 0 heterocycles. The number of hydrogen-bond donors (Lipinski definition) is 3. The van der Waals surface area contributed by atoms with Crippen molar-refractivity contribution in [3.8, 4) is 11.8 Å². The zero-order valence-electron chi connectivity index (χ0n) is 10.9. The molecule has 0 saturated carbocycles. The maximum absolute atomic E-state index is 11.9. The van der Waals surface area contributed by atoms with E-state index < -0.39 is 6.04 Å². The van der Waals surface area contributed by atoms with Gasteiger partial charge < -0.3 is 15.7 Å². The molecular formula is C14H16N2O3. The Labute approximate surface area is 112 Å². The van der Waals surface area contributed by atoms with Gasteiger partial charge in [-0.05, 0) is 25.1 Å². The second-order valence-corrected chi connectivity index (χ2v) is 3.85. The smallest absolute Gasteiger partial charge is 0.251 e. The number of hydrogen-bond acceptors (Lipinski definition) is 3. The number of nitrogens with one attached hydrogen (secondary N) is 2. The van der Waals surface area contributed by atoms with Crippen molar-refractivity contribution in [2.24, 2.45) is 0 Å². The maximum Gasteiger partial charge on any atom is 0.251 e. The molecule has 5 nitrogen and oxygen atoms in total. The van der Waals surface area contributed by atoms with Crippen molar-refractivity contribution in [2.75, 3.05) is 13.7 Å². The van der Waals surface area contributed by atoms with Crippen LogP contribution in [0.1, 0.15) is 22.8 Å². The molecule has 0 aromatic heterocycles. The van der Waals surface area contributed by atoms with Gasteiger partial charge in [0.05, 0.1) is 0 Å². The highest BCUT2D eigenvalue weighted by atomic mass is 16.2. The van der Waals surface area contributed by atoms with Crippen LogP contribution in [0.3, 0.4) is 0 Å². The van der Waals surface area contributed by atoms with Gasteiger partial charge in [0.1, 0.15) is 12.6 Å². The molecule has 0 aliphatic carbocycles. The first-order chi connectivity index (χ1) is 9.08. The molecule has 1 aromatic rings. The summed E-state index contributed by atoms with van der Waals surface area (Å²) in [5.74, 6) is 4.62. The van der Waals surface area contributed by atoms with E-state index in [4.69, 9.17) is 5.11 Å². The number of rotatable bonds is 3. The Balaban J connectivity index is 2.80. The van der Waals surface area contributed by atoms with Crippen LogP contribution in [0.15, 0.2) is 24.3 Å². The van der Waals surface area contributed by atoms with Crippen LogP contribution in [0.25, 0.3) is 0 Å². The van der Waals surface area contributed by atoms with Crippen LogP contribution in [-0.4, -0.2) is 36.6 Å². The van der Waals surface area contributed by atoms with Crippen molar-refractivity contribution < 1.29 is 14.7 Å². The summed E-state index contributed by atoms with van der Waals surface area (Å²) in [6.45, 7) is 1.37. The second kappa shape index (κ2) is 7.19. The Morgan fingerprint density at radius 1 is 1.42 bits per heavy atom. The fraction of sp³-hybridized carbons (Fsp3) is 0.286. The number of likely N-dealkylation sites (N-methyl/N-ethyl adjacent to an activating group) is 1. The summed E-state index contributed by atoms with van der Waals surface area (Å²) in [6, 6.07) is 6.07. The molecule has 100 valence electrons. The molecule has 1 aromatic carbocycles. The van der Waals surface area contributed by atoms with Gasteiger partial charge in [-0.1, -0.05) is 17.9 Å². The van der Waals surface area contributed by atoms with Crippen LogP contribution in [-0.2, 0) is 4.79 Å². The van der Waals surface area contributed by atoms with Gasteiger partial charge in [-0.3, -0.25) is 9.59 Å². The fourth-order valence-electron chi connectivity index (χ4n) is 1.44. The number of carbonyl (C=O) groups excluding carboxylic acids is 2. The van der Waals surface area contributed by atoms with E-state index in [9.17, 15) is 9.59 Å². The summed E-state index contributed by atoms with van der Waals surface area (Å²) in [7, 11) is 1.51. The molecule has 3 N–H and O–H groups in total. The average Bonchev–Trinajstić information content (AvgIpc) is 2.44. The zero-order valence-corrected chi connectivity index (χ0v) is 10.9. The van der Waals surface area contributed by atoms with Gasteiger partial charge in [0.15, 0.2) is 0 Å². The lowest BCUT2D eigenvalue weighted by Crippen LogP contribution is -2.43. The third-order valence-corrected chi connectivity index (χ3v) is 2.42. The van der Waals surface area contributed by atoms with Crippen molar-refractivity contribution >= 4 is 11.8 Å². The first-order valence-electron chi connectivity index (χ1n) is 5.80. The Kier molecular flexibility index (Phi) is 5.58. The van der Waals surface area contributed by atoms with E-state index in [2.05, 4.69) is 22.5 Å². The van der Waals surface area contributed by atoms with Gasteiger partial charge in [-0.15, -0.1) is 0 Å². The molecule has 0 spiro atoms. The summed E-state index contributed by atoms with van der Waals surface area (Å²) in [5, 5.41) is 13.7. The van der Waals surface area contributed by atoms with Crippen LogP contribution in [0.4, 0.5) is 0 Å². The highest BCUT2D eigenvalue weighted by Gasteiger charge is 2.15. The lowest BCUT2D eigenvalue weighted by Gasteiger charge is -2.12. The van der Waals surface area contributed by atoms with E-state index in [0.29, 0.717) is 11.1 Å². The summed E-state index contributed by atoms with van der Waals surface area (Å²) < 4.78 is 0. The minimum absolute atomic E-state index is 0.232. The SMILES string of the molecule is CNC(=O)C(C)NC(=O)c1cccc(C#CCO)c1. The topological polar surface area (TPSA) is 78.4 Å². The number of amides is 2. The van der Waals surface area contributed by atoms with E-state index in [-0.39, 0.29) is 18.4 Å². The van der Waals surface area contributed by atoms with Gasteiger partial charge in [-0.25, -0.2) is 0 Å². The van der Waals surface area contributed by atoms with Crippen LogP contribution >= 0.6 is 0 Å². The normalized spacial score (nSPS) is 10.9. The largest absolute Gasteiger partial charge is 0.384 e. The molecule has 0 bridgehead atoms. The van der Waals surface area contributed by atoms with Crippen molar-refractivity contribution in [3.63, 3.8) is 0 Å². The Bertz CT molecular complexity index is 529. The van der Waals surface area contributed by atoms with Crippen molar-refractivity contribution in [1.29, 1.82) is 0 Å². The molecule has 1 atom stereocenters. The lowest BCUT2D eigenvalue weighted by molar-refractivity contribution is -0.122. The van der Waals surface area contributed by atoms with Crippen LogP contribution < -0.4 is 10.6 Å². The monoisotopic (exact) mass is 260 g/mol. The third kappa shape index (κ3) is 4.45. The zero-order chi connectivity index (χ0) is 14.3. The number of carbonyl (C=O) groups is 2. The van der Waals surface area contributed by atoms with E-state index in [1.165, 1.54) is 7.05 Å². The molecule has 0 radical (unpaired) electrons. The molecule has 1 unspecified atom stereocenters. The van der Waals surface area contributed by atoms with Crippen LogP contribution in [0.5, 0.6) is 0 Å². The van der Waals surface area contributed by atoms with Crippen LogP contribution in [0, 0.1) is 11.8 Å². The van der Waals surface area contributed by atoms with E-state index in [0.717, 1.165) is 0 Å². The number of aliphatic hydroxyl groups excluding tert-OH is 1. The Hall–Kier alpha value is -2.32. The van der Waals surface area contributed by atoms with E-state index >= 15 is 0 Å². The summed E-state index contributed by atoms with van der Waals surface area (Å²) in [5.41, 5.74) is 1.05. The highest BCUT2D eigenvalue weighted by Crippen LogP contribution is 2.04. The summed E-state index contributed by atoms with van der Waals surface area (Å²) in [6.07, 6.45) is 0. The predicted octanol–water partition coefficient (Wildman–Crippen LogP) is -0.105. The molecule has 0 saturated heterocycles. The first kappa shape index (κ1) is 14.7. The number of aliphatic hydroxyl groups is 1. The summed E-state index contributed by atoms with van der Waals surface area (Å²) >= 11 is 0. The maximum atomic E-state index is 11.9. The van der Waals surface area contributed by atoms with E-state index in [1.54, 1.807) is 31.2 Å². The molecule has 0 aliphatic heterocycles. The van der Waals surface area contributed by atoms with Gasteiger partial charge in [0, 0.05) is 18.2 Å². The third-order valence-electron chi connectivity index (χ3n) is 2.42. The molecule has 1 rings (SSSR count). The van der Waals surface area contributed by atoms with Gasteiger partial charge in [0.25, 0.3) is 5.91 Å². The molecule has 2 amide bonds. The van der Waals surface area contributed by atoms with Crippen LogP contribution in [0.2, 0.25) is 0 Å². The standard InChI is InChI=1S/C14H16N2O3/c1-10(13(18)15-2)16-14(19)12-7-3-5-11(9-12)6-4-8-17/h3,5,7,9-10,17H,8H2,1-2H3,(H,15,18)(H,16,19). The molecule has 0 aliphatic rings. The van der Waals surface area contributed by atoms with Crippen molar-refractivity contribution in [1.82, 2.24) is 10.6 Å².